The summed E-state index contributed by atoms with van der Waals surface area (Å²) in [6.07, 6.45) is 2.02. The summed E-state index contributed by atoms with van der Waals surface area (Å²) in [5, 5.41) is 2.98. The molecule has 0 bridgehead atoms. The molecular formula is C15H23IN4O. The lowest BCUT2D eigenvalue weighted by atomic mass is 10.0. The Balaban J connectivity index is 0.00000220. The summed E-state index contributed by atoms with van der Waals surface area (Å²) in [5.74, 6) is 0.310. The lowest BCUT2D eigenvalue weighted by Crippen LogP contribution is -2.40. The van der Waals surface area contributed by atoms with Gasteiger partial charge < -0.3 is 16.0 Å². The summed E-state index contributed by atoms with van der Waals surface area (Å²) < 4.78 is 0. The second kappa shape index (κ2) is 8.21. The van der Waals surface area contributed by atoms with E-state index >= 15 is 0 Å². The van der Waals surface area contributed by atoms with Crippen molar-refractivity contribution >= 4 is 41.5 Å². The molecule has 0 fully saturated rings. The lowest BCUT2D eigenvalue weighted by molar-refractivity contribution is -0.117. The van der Waals surface area contributed by atoms with E-state index in [0.717, 1.165) is 25.1 Å². The zero-order valence-corrected chi connectivity index (χ0v) is 14.8. The van der Waals surface area contributed by atoms with Crippen molar-refractivity contribution in [2.75, 3.05) is 18.0 Å². The Morgan fingerprint density at radius 3 is 2.86 bits per heavy atom. The first-order valence-corrected chi connectivity index (χ1v) is 7.02. The summed E-state index contributed by atoms with van der Waals surface area (Å²) in [5.41, 5.74) is 7.95. The first-order chi connectivity index (χ1) is 9.58. The van der Waals surface area contributed by atoms with Gasteiger partial charge in [0.1, 0.15) is 6.54 Å². The number of aliphatic imine (C=N–C) groups is 1. The Morgan fingerprint density at radius 2 is 2.14 bits per heavy atom. The number of nitrogens with zero attached hydrogens (tertiary/aromatic N) is 2. The van der Waals surface area contributed by atoms with E-state index in [1.165, 1.54) is 5.56 Å². The maximum atomic E-state index is 12.3. The molecule has 1 amide bonds. The number of aryl methyl sites for hydroxylation is 1. The highest BCUT2D eigenvalue weighted by molar-refractivity contribution is 14.0. The van der Waals surface area contributed by atoms with Crippen LogP contribution < -0.4 is 16.0 Å². The van der Waals surface area contributed by atoms with Crippen molar-refractivity contribution in [2.24, 2.45) is 10.7 Å². The monoisotopic (exact) mass is 402 g/mol. The molecule has 0 unspecified atom stereocenters. The number of rotatable bonds is 3. The van der Waals surface area contributed by atoms with Crippen molar-refractivity contribution in [1.29, 1.82) is 0 Å². The normalized spacial score (nSPS) is 14.4. The van der Waals surface area contributed by atoms with Gasteiger partial charge in [0.05, 0.1) is 0 Å². The highest BCUT2D eigenvalue weighted by Crippen LogP contribution is 2.26. The number of benzene rings is 1. The topological polar surface area (TPSA) is 70.7 Å². The predicted octanol–water partition coefficient (Wildman–Crippen LogP) is 1.90. The van der Waals surface area contributed by atoms with Crippen molar-refractivity contribution < 1.29 is 4.79 Å². The minimum absolute atomic E-state index is 0. The van der Waals surface area contributed by atoms with E-state index in [1.807, 2.05) is 36.9 Å². The van der Waals surface area contributed by atoms with Crippen LogP contribution in [0.1, 0.15) is 25.8 Å². The fraction of sp³-hybridized carbons (Fsp3) is 0.467. The summed E-state index contributed by atoms with van der Waals surface area (Å²) >= 11 is 0. The minimum Gasteiger partial charge on any atom is -0.370 e. The molecular weight excluding hydrogens is 379 g/mol. The smallest absolute Gasteiger partial charge is 0.248 e. The molecule has 3 N–H and O–H groups in total. The Bertz CT molecular complexity index is 516. The van der Waals surface area contributed by atoms with Gasteiger partial charge >= 0.3 is 0 Å². The quantitative estimate of drug-likeness (QED) is 0.461. The molecule has 6 heteroatoms. The van der Waals surface area contributed by atoms with Crippen LogP contribution in [0, 0.1) is 0 Å². The molecule has 0 aliphatic carbocycles. The van der Waals surface area contributed by atoms with Crippen LogP contribution in [0.25, 0.3) is 0 Å². The standard InChI is InChI=1S/C15H22N4O.HI/c1-11(2)18-15(16)17-10-14(20)19-9-5-7-12-6-3-4-8-13(12)19;/h3-4,6,8,11H,5,7,9-10H2,1-2H3,(H3,16,17,18);1H. The number of amides is 1. The molecule has 1 aliphatic rings. The lowest BCUT2D eigenvalue weighted by Gasteiger charge is -2.29. The highest BCUT2D eigenvalue weighted by Gasteiger charge is 2.21. The zero-order valence-electron chi connectivity index (χ0n) is 12.5. The molecule has 5 nitrogen and oxygen atoms in total. The van der Waals surface area contributed by atoms with E-state index in [4.69, 9.17) is 5.73 Å². The number of guanidine groups is 1. The van der Waals surface area contributed by atoms with Gasteiger partial charge in [-0.2, -0.15) is 0 Å². The number of fused-ring (bicyclic) bond motifs is 1. The molecule has 1 aromatic rings. The second-order valence-corrected chi connectivity index (χ2v) is 5.28. The molecule has 0 atom stereocenters. The van der Waals surface area contributed by atoms with Crippen LogP contribution in [0.5, 0.6) is 0 Å². The van der Waals surface area contributed by atoms with Crippen LogP contribution in [-0.4, -0.2) is 31.0 Å². The second-order valence-electron chi connectivity index (χ2n) is 5.28. The van der Waals surface area contributed by atoms with Gasteiger partial charge in [0.15, 0.2) is 5.96 Å². The van der Waals surface area contributed by atoms with Crippen molar-refractivity contribution in [1.82, 2.24) is 5.32 Å². The van der Waals surface area contributed by atoms with Crippen LogP contribution in [0.15, 0.2) is 29.3 Å². The molecule has 2 rings (SSSR count). The predicted molar refractivity (Wildman–Crippen MR) is 97.3 cm³/mol. The maximum absolute atomic E-state index is 12.3. The van der Waals surface area contributed by atoms with Gasteiger partial charge in [0.2, 0.25) is 5.91 Å². The van der Waals surface area contributed by atoms with Crippen LogP contribution in [0.3, 0.4) is 0 Å². The number of halogens is 1. The molecule has 0 radical (unpaired) electrons. The van der Waals surface area contributed by atoms with E-state index in [2.05, 4.69) is 16.4 Å². The van der Waals surface area contributed by atoms with E-state index < -0.39 is 0 Å². The van der Waals surface area contributed by atoms with Gasteiger partial charge in [0, 0.05) is 18.3 Å². The molecule has 116 valence electrons. The van der Waals surface area contributed by atoms with E-state index in [1.54, 1.807) is 0 Å². The molecule has 1 aliphatic heterocycles. The van der Waals surface area contributed by atoms with Crippen molar-refractivity contribution in [3.8, 4) is 0 Å². The van der Waals surface area contributed by atoms with E-state index in [0.29, 0.717) is 5.96 Å². The number of hydrogen-bond acceptors (Lipinski definition) is 2. The van der Waals surface area contributed by atoms with Crippen LogP contribution in [-0.2, 0) is 11.2 Å². The van der Waals surface area contributed by atoms with E-state index in [9.17, 15) is 4.79 Å². The van der Waals surface area contributed by atoms with Crippen LogP contribution >= 0.6 is 24.0 Å². The molecule has 0 saturated carbocycles. The molecule has 0 spiro atoms. The number of carbonyl (C=O) groups excluding carboxylic acids is 1. The highest BCUT2D eigenvalue weighted by atomic mass is 127. The van der Waals surface area contributed by atoms with Gasteiger partial charge in [-0.3, -0.25) is 4.79 Å². The molecule has 1 aromatic carbocycles. The molecule has 0 saturated heterocycles. The fourth-order valence-corrected chi connectivity index (χ4v) is 2.37. The summed E-state index contributed by atoms with van der Waals surface area (Å²) in [4.78, 5) is 18.2. The Kier molecular flexibility index (Phi) is 6.94. The Labute approximate surface area is 143 Å². The van der Waals surface area contributed by atoms with Crippen molar-refractivity contribution in [2.45, 2.75) is 32.7 Å². The Hall–Kier alpha value is -1.31. The van der Waals surface area contributed by atoms with Gasteiger partial charge in [0.25, 0.3) is 0 Å². The number of para-hydroxylation sites is 1. The van der Waals surface area contributed by atoms with Crippen LogP contribution in [0.4, 0.5) is 5.69 Å². The number of nitrogens with two attached hydrogens (primary N) is 1. The van der Waals surface area contributed by atoms with E-state index in [-0.39, 0.29) is 42.5 Å². The minimum atomic E-state index is -0.00865. The average Bonchev–Trinajstić information content (AvgIpc) is 2.43. The van der Waals surface area contributed by atoms with Crippen molar-refractivity contribution in [3.05, 3.63) is 29.8 Å². The number of carbonyl (C=O) groups is 1. The van der Waals surface area contributed by atoms with Gasteiger partial charge in [-0.05, 0) is 38.3 Å². The number of nitrogens with one attached hydrogen (secondary N) is 1. The SMILES string of the molecule is CC(C)NC(N)=NCC(=O)N1CCCc2ccccc21.I. The third kappa shape index (κ3) is 4.87. The summed E-state index contributed by atoms with van der Waals surface area (Å²) in [6.45, 7) is 4.79. The van der Waals surface area contributed by atoms with Gasteiger partial charge in [-0.1, -0.05) is 18.2 Å². The van der Waals surface area contributed by atoms with Gasteiger partial charge in [-0.25, -0.2) is 4.99 Å². The summed E-state index contributed by atoms with van der Waals surface area (Å²) in [7, 11) is 0. The zero-order chi connectivity index (χ0) is 14.5. The van der Waals surface area contributed by atoms with Crippen LogP contribution in [0.2, 0.25) is 0 Å². The molecule has 1 heterocycles. The number of anilines is 1. The fourth-order valence-electron chi connectivity index (χ4n) is 2.37. The maximum Gasteiger partial charge on any atom is 0.248 e. The molecule has 21 heavy (non-hydrogen) atoms. The molecule has 0 aromatic heterocycles. The third-order valence-electron chi connectivity index (χ3n) is 3.23. The third-order valence-corrected chi connectivity index (χ3v) is 3.23. The van der Waals surface area contributed by atoms with Crippen molar-refractivity contribution in [3.63, 3.8) is 0 Å². The van der Waals surface area contributed by atoms with Gasteiger partial charge in [-0.15, -0.1) is 24.0 Å². The number of hydrogen-bond donors (Lipinski definition) is 2. The average molecular weight is 402 g/mol. The first kappa shape index (κ1) is 17.7. The largest absolute Gasteiger partial charge is 0.370 e. The first-order valence-electron chi connectivity index (χ1n) is 7.02. The summed E-state index contributed by atoms with van der Waals surface area (Å²) in [6, 6.07) is 8.25. The Morgan fingerprint density at radius 1 is 1.43 bits per heavy atom.